The highest BCUT2D eigenvalue weighted by molar-refractivity contribution is 5.89. The molecule has 112 valence electrons. The number of ether oxygens (including phenoxy) is 2. The van der Waals surface area contributed by atoms with Gasteiger partial charge < -0.3 is 19.7 Å². The smallest absolute Gasteiger partial charge is 0.321 e. The summed E-state index contributed by atoms with van der Waals surface area (Å²) in [6.07, 6.45) is 2.18. The minimum Gasteiger partial charge on any atom is -0.490 e. The van der Waals surface area contributed by atoms with Gasteiger partial charge in [-0.25, -0.2) is 4.79 Å². The zero-order chi connectivity index (χ0) is 14.4. The average molecular weight is 288 g/mol. The van der Waals surface area contributed by atoms with Crippen LogP contribution >= 0.6 is 0 Å². The number of nitrogens with one attached hydrogen (secondary N) is 1. The summed E-state index contributed by atoms with van der Waals surface area (Å²) in [6.45, 7) is 5.28. The second kappa shape index (κ2) is 4.63. The fourth-order valence-electron chi connectivity index (χ4n) is 3.44. The molecule has 21 heavy (non-hydrogen) atoms. The van der Waals surface area contributed by atoms with E-state index in [9.17, 15) is 4.79 Å². The lowest BCUT2D eigenvalue weighted by Gasteiger charge is -2.37. The van der Waals surface area contributed by atoms with E-state index in [0.717, 1.165) is 50.6 Å². The van der Waals surface area contributed by atoms with Crippen molar-refractivity contribution in [2.24, 2.45) is 5.41 Å². The van der Waals surface area contributed by atoms with E-state index in [2.05, 4.69) is 12.2 Å². The molecule has 3 heterocycles. The minimum absolute atomic E-state index is 0.00862. The first-order valence-electron chi connectivity index (χ1n) is 7.57. The zero-order valence-electron chi connectivity index (χ0n) is 12.2. The molecular weight excluding hydrogens is 268 g/mol. The van der Waals surface area contributed by atoms with E-state index in [0.29, 0.717) is 0 Å². The lowest BCUT2D eigenvalue weighted by atomic mass is 9.85. The molecule has 0 aliphatic carbocycles. The molecule has 2 fully saturated rings. The number of hydrogen-bond acceptors (Lipinski definition) is 3. The molecule has 5 nitrogen and oxygen atoms in total. The molecule has 0 saturated carbocycles. The van der Waals surface area contributed by atoms with E-state index in [1.807, 2.05) is 23.1 Å². The van der Waals surface area contributed by atoms with Crippen LogP contribution < -0.4 is 10.1 Å². The van der Waals surface area contributed by atoms with E-state index in [1.165, 1.54) is 5.56 Å². The van der Waals surface area contributed by atoms with Crippen molar-refractivity contribution < 1.29 is 14.3 Å². The van der Waals surface area contributed by atoms with Gasteiger partial charge in [0, 0.05) is 30.6 Å². The van der Waals surface area contributed by atoms with Gasteiger partial charge in [0.2, 0.25) is 0 Å². The molecule has 0 radical (unpaired) electrons. The highest BCUT2D eigenvalue weighted by Crippen LogP contribution is 2.37. The normalized spacial score (nSPS) is 25.4. The molecule has 1 spiro atoms. The Morgan fingerprint density at radius 2 is 2.29 bits per heavy atom. The number of carbonyl (C=O) groups excluding carboxylic acids is 1. The van der Waals surface area contributed by atoms with E-state index in [1.54, 1.807) is 0 Å². The lowest BCUT2D eigenvalue weighted by molar-refractivity contribution is -0.103. The van der Waals surface area contributed by atoms with Crippen LogP contribution in [0.5, 0.6) is 5.75 Å². The maximum absolute atomic E-state index is 12.3. The van der Waals surface area contributed by atoms with Crippen LogP contribution in [0.2, 0.25) is 0 Å². The number of rotatable bonds is 1. The second-order valence-corrected chi connectivity index (χ2v) is 6.55. The Morgan fingerprint density at radius 3 is 3.00 bits per heavy atom. The summed E-state index contributed by atoms with van der Waals surface area (Å²) < 4.78 is 11.0. The third kappa shape index (κ3) is 2.25. The number of urea groups is 1. The molecule has 1 N–H and O–H groups in total. The predicted molar refractivity (Wildman–Crippen MR) is 78.7 cm³/mol. The van der Waals surface area contributed by atoms with E-state index in [4.69, 9.17) is 9.47 Å². The van der Waals surface area contributed by atoms with Crippen LogP contribution in [0.3, 0.4) is 0 Å². The molecule has 5 heteroatoms. The molecule has 1 aromatic rings. The zero-order valence-corrected chi connectivity index (χ0v) is 12.2. The second-order valence-electron chi connectivity index (χ2n) is 6.55. The molecule has 2 amide bonds. The van der Waals surface area contributed by atoms with Crippen LogP contribution in [0.1, 0.15) is 18.9 Å². The van der Waals surface area contributed by atoms with E-state index < -0.39 is 0 Å². The summed E-state index contributed by atoms with van der Waals surface area (Å²) in [5, 5.41) is 3.00. The molecule has 2 saturated heterocycles. The van der Waals surface area contributed by atoms with Crippen molar-refractivity contribution in [3.8, 4) is 5.75 Å². The topological polar surface area (TPSA) is 50.8 Å². The largest absolute Gasteiger partial charge is 0.490 e. The van der Waals surface area contributed by atoms with E-state index >= 15 is 0 Å². The van der Waals surface area contributed by atoms with Gasteiger partial charge in [-0.1, -0.05) is 0 Å². The van der Waals surface area contributed by atoms with Crippen LogP contribution in [-0.4, -0.2) is 43.3 Å². The average Bonchev–Trinajstić information content (AvgIpc) is 3.00. The van der Waals surface area contributed by atoms with Gasteiger partial charge in [-0.3, -0.25) is 0 Å². The predicted octanol–water partition coefficient (Wildman–Crippen LogP) is 2.26. The van der Waals surface area contributed by atoms with Gasteiger partial charge in [-0.2, -0.15) is 0 Å². The Bertz CT molecular complexity index is 583. The van der Waals surface area contributed by atoms with Crippen LogP contribution in [0, 0.1) is 5.41 Å². The Balaban J connectivity index is 1.42. The number of benzene rings is 1. The van der Waals surface area contributed by atoms with Gasteiger partial charge in [0.15, 0.2) is 0 Å². The summed E-state index contributed by atoms with van der Waals surface area (Å²) in [4.78, 5) is 14.2. The monoisotopic (exact) mass is 288 g/mol. The molecule has 0 aromatic heterocycles. The third-order valence-corrected chi connectivity index (χ3v) is 4.69. The van der Waals surface area contributed by atoms with Crippen molar-refractivity contribution in [2.75, 3.05) is 31.6 Å². The van der Waals surface area contributed by atoms with Gasteiger partial charge in [0.05, 0.1) is 13.2 Å². The standard InChI is InChI=1S/C16H20N2O3/c1-11-6-12-7-13(2-3-14(12)21-11)17-15(19)18-5-4-16(8-18)9-20-10-16/h2-3,7,11H,4-6,8-10H2,1H3,(H,17,19). The minimum atomic E-state index is -0.00862. The number of anilines is 1. The van der Waals surface area contributed by atoms with Gasteiger partial charge in [0.25, 0.3) is 0 Å². The maximum Gasteiger partial charge on any atom is 0.321 e. The number of fused-ring (bicyclic) bond motifs is 1. The van der Waals surface area contributed by atoms with Crippen molar-refractivity contribution in [3.63, 3.8) is 0 Å². The number of nitrogens with zero attached hydrogens (tertiary/aromatic N) is 1. The van der Waals surface area contributed by atoms with Gasteiger partial charge in [0.1, 0.15) is 11.9 Å². The first-order chi connectivity index (χ1) is 10.1. The first kappa shape index (κ1) is 13.0. The van der Waals surface area contributed by atoms with Gasteiger partial charge in [-0.15, -0.1) is 0 Å². The molecule has 1 atom stereocenters. The fraction of sp³-hybridized carbons (Fsp3) is 0.562. The van der Waals surface area contributed by atoms with Crippen molar-refractivity contribution in [1.29, 1.82) is 0 Å². The van der Waals surface area contributed by atoms with E-state index in [-0.39, 0.29) is 17.6 Å². The van der Waals surface area contributed by atoms with Crippen LogP contribution in [0.4, 0.5) is 10.5 Å². The number of carbonyl (C=O) groups is 1. The molecular formula is C16H20N2O3. The molecule has 4 rings (SSSR count). The van der Waals surface area contributed by atoms with Crippen LogP contribution in [0.15, 0.2) is 18.2 Å². The molecule has 1 unspecified atom stereocenters. The van der Waals surface area contributed by atoms with Crippen molar-refractivity contribution >= 4 is 11.7 Å². The number of hydrogen-bond donors (Lipinski definition) is 1. The quantitative estimate of drug-likeness (QED) is 0.862. The fourth-order valence-corrected chi connectivity index (χ4v) is 3.44. The van der Waals surface area contributed by atoms with Crippen molar-refractivity contribution in [3.05, 3.63) is 23.8 Å². The van der Waals surface area contributed by atoms with Gasteiger partial charge >= 0.3 is 6.03 Å². The summed E-state index contributed by atoms with van der Waals surface area (Å²) in [6, 6.07) is 5.87. The highest BCUT2D eigenvalue weighted by atomic mass is 16.5. The highest BCUT2D eigenvalue weighted by Gasteiger charge is 2.45. The number of amides is 2. The Kier molecular flexibility index (Phi) is 2.85. The molecule has 3 aliphatic rings. The van der Waals surface area contributed by atoms with Crippen molar-refractivity contribution in [2.45, 2.75) is 25.9 Å². The lowest BCUT2D eigenvalue weighted by Crippen LogP contribution is -2.46. The SMILES string of the molecule is CC1Cc2cc(NC(=O)N3CCC4(COC4)C3)ccc2O1. The van der Waals surface area contributed by atoms with Crippen molar-refractivity contribution in [1.82, 2.24) is 4.90 Å². The molecule has 1 aromatic carbocycles. The van der Waals surface area contributed by atoms with Crippen LogP contribution in [0.25, 0.3) is 0 Å². The van der Waals surface area contributed by atoms with Gasteiger partial charge in [-0.05, 0) is 37.1 Å². The summed E-state index contributed by atoms with van der Waals surface area (Å²) in [5.41, 5.74) is 2.26. The maximum atomic E-state index is 12.3. The first-order valence-corrected chi connectivity index (χ1v) is 7.57. The Labute approximate surface area is 124 Å². The summed E-state index contributed by atoms with van der Waals surface area (Å²) >= 11 is 0. The third-order valence-electron chi connectivity index (χ3n) is 4.69. The Morgan fingerprint density at radius 1 is 1.43 bits per heavy atom. The summed E-state index contributed by atoms with van der Waals surface area (Å²) in [7, 11) is 0. The number of likely N-dealkylation sites (tertiary alicyclic amines) is 1. The summed E-state index contributed by atoms with van der Waals surface area (Å²) in [5.74, 6) is 0.937. The molecule has 0 bridgehead atoms. The Hall–Kier alpha value is -1.75. The molecule has 3 aliphatic heterocycles. The van der Waals surface area contributed by atoms with Crippen LogP contribution in [-0.2, 0) is 11.2 Å².